The Kier molecular flexibility index (Phi) is 7.16. The van der Waals surface area contributed by atoms with Crippen molar-refractivity contribution >= 4 is 22.1 Å². The molecule has 5 N–H and O–H groups in total. The summed E-state index contributed by atoms with van der Waals surface area (Å²) in [6.45, 7) is 4.96. The van der Waals surface area contributed by atoms with Crippen molar-refractivity contribution in [2.45, 2.75) is 45.8 Å². The van der Waals surface area contributed by atoms with Crippen LogP contribution in [0.4, 0.5) is 4.79 Å². The zero-order valence-corrected chi connectivity index (χ0v) is 11.9. The molecule has 0 radical (unpaired) electrons. The number of oxime groups is 1. The Morgan fingerprint density at radius 2 is 2.05 bits per heavy atom. The molecule has 0 spiro atoms. The summed E-state index contributed by atoms with van der Waals surface area (Å²) in [4.78, 5) is 11.2. The number of nitrogens with two attached hydrogens (primary N) is 1. The molecule has 0 saturated carbocycles. The number of nitrogens with zero attached hydrogens (tertiary/aromatic N) is 1. The fourth-order valence-electron chi connectivity index (χ4n) is 1.19. The lowest BCUT2D eigenvalue weighted by Crippen LogP contribution is -2.50. The molecule has 10 heteroatoms. The highest BCUT2D eigenvalue weighted by atomic mass is 32.2. The first kappa shape index (κ1) is 17.4. The van der Waals surface area contributed by atoms with Gasteiger partial charge in [-0.15, -0.1) is 0 Å². The van der Waals surface area contributed by atoms with Gasteiger partial charge in [0.25, 0.3) is 0 Å². The molecule has 0 aromatic carbocycles. The summed E-state index contributed by atoms with van der Waals surface area (Å²) in [5.74, 6) is -0.288. The first-order valence-electron chi connectivity index (χ1n) is 5.70. The molecule has 0 aromatic rings. The summed E-state index contributed by atoms with van der Waals surface area (Å²) < 4.78 is 31.6. The summed E-state index contributed by atoms with van der Waals surface area (Å²) in [5.41, 5.74) is 5.35. The van der Waals surface area contributed by atoms with E-state index in [2.05, 4.69) is 14.6 Å². The number of rotatable bonds is 7. The van der Waals surface area contributed by atoms with Crippen LogP contribution in [-0.4, -0.2) is 37.7 Å². The van der Waals surface area contributed by atoms with Crippen molar-refractivity contribution in [1.82, 2.24) is 9.44 Å². The molecule has 112 valence electrons. The predicted molar refractivity (Wildman–Crippen MR) is 68.9 cm³/mol. The number of carbonyl (C=O) groups is 1. The molecule has 1 atom stereocenters. The van der Waals surface area contributed by atoms with Crippen LogP contribution in [0.15, 0.2) is 5.16 Å². The van der Waals surface area contributed by atoms with Gasteiger partial charge in [-0.3, -0.25) is 0 Å². The van der Waals surface area contributed by atoms with Crippen molar-refractivity contribution in [3.8, 4) is 0 Å². The number of ether oxygens (including phenoxy) is 1. The van der Waals surface area contributed by atoms with Crippen LogP contribution in [0.1, 0.15) is 33.6 Å². The van der Waals surface area contributed by atoms with E-state index in [4.69, 9.17) is 10.9 Å². The lowest BCUT2D eigenvalue weighted by Gasteiger charge is -2.17. The smallest absolute Gasteiger partial charge is 0.422 e. The van der Waals surface area contributed by atoms with E-state index in [-0.39, 0.29) is 5.84 Å². The molecule has 0 fully saturated rings. The Morgan fingerprint density at radius 1 is 1.47 bits per heavy atom. The molecule has 1 unspecified atom stereocenters. The second-order valence-electron chi connectivity index (χ2n) is 4.04. The highest BCUT2D eigenvalue weighted by Crippen LogP contribution is 1.99. The van der Waals surface area contributed by atoms with Gasteiger partial charge >= 0.3 is 16.3 Å². The standard InChI is InChI=1S/C9H20N4O5S/c1-4-5-7(8(10)11-15)12-19(16,17)13-9(14)18-6(2)3/h6-7,12,15H,4-5H2,1-3H3,(H2,10,11)(H,13,14). The van der Waals surface area contributed by atoms with Crippen LogP contribution in [0.3, 0.4) is 0 Å². The maximum atomic E-state index is 11.6. The molecule has 1 amide bonds. The van der Waals surface area contributed by atoms with E-state index in [1.54, 1.807) is 25.5 Å². The first-order chi connectivity index (χ1) is 8.71. The minimum Gasteiger partial charge on any atom is -0.446 e. The molecule has 19 heavy (non-hydrogen) atoms. The fourth-order valence-corrected chi connectivity index (χ4v) is 2.13. The number of amidine groups is 1. The zero-order valence-electron chi connectivity index (χ0n) is 11.1. The third kappa shape index (κ3) is 7.47. The minimum atomic E-state index is -4.15. The lowest BCUT2D eigenvalue weighted by atomic mass is 10.2. The summed E-state index contributed by atoms with van der Waals surface area (Å²) in [5, 5.41) is 11.3. The van der Waals surface area contributed by atoms with Gasteiger partial charge in [0.15, 0.2) is 5.84 Å². The van der Waals surface area contributed by atoms with E-state index < -0.39 is 28.4 Å². The molecule has 0 aliphatic carbocycles. The van der Waals surface area contributed by atoms with Crippen LogP contribution in [-0.2, 0) is 14.9 Å². The molecule has 0 rings (SSSR count). The van der Waals surface area contributed by atoms with Gasteiger partial charge in [0.05, 0.1) is 12.1 Å². The van der Waals surface area contributed by atoms with E-state index in [9.17, 15) is 13.2 Å². The van der Waals surface area contributed by atoms with Crippen molar-refractivity contribution in [3.63, 3.8) is 0 Å². The molecule has 0 saturated heterocycles. The maximum absolute atomic E-state index is 11.6. The van der Waals surface area contributed by atoms with Gasteiger partial charge in [-0.2, -0.15) is 13.1 Å². The van der Waals surface area contributed by atoms with Crippen LogP contribution >= 0.6 is 0 Å². The largest absolute Gasteiger partial charge is 0.446 e. The van der Waals surface area contributed by atoms with E-state index in [0.717, 1.165) is 0 Å². The van der Waals surface area contributed by atoms with Crippen LogP contribution in [0.5, 0.6) is 0 Å². The Morgan fingerprint density at radius 3 is 2.47 bits per heavy atom. The summed E-state index contributed by atoms with van der Waals surface area (Å²) in [6, 6.07) is -0.903. The lowest BCUT2D eigenvalue weighted by molar-refractivity contribution is 0.121. The summed E-state index contributed by atoms with van der Waals surface area (Å²) in [7, 11) is -4.15. The monoisotopic (exact) mass is 296 g/mol. The topological polar surface area (TPSA) is 143 Å². The van der Waals surface area contributed by atoms with Gasteiger partial charge in [0, 0.05) is 0 Å². The molecule has 0 bridgehead atoms. The normalized spacial score (nSPS) is 14.2. The molecule has 0 aliphatic rings. The number of hydrogen-bond donors (Lipinski definition) is 4. The molecule has 9 nitrogen and oxygen atoms in total. The Balaban J connectivity index is 4.68. The molecular formula is C9H20N4O5S. The highest BCUT2D eigenvalue weighted by Gasteiger charge is 2.23. The third-order valence-corrected chi connectivity index (χ3v) is 2.94. The number of nitrogens with one attached hydrogen (secondary N) is 2. The van der Waals surface area contributed by atoms with Gasteiger partial charge in [-0.1, -0.05) is 18.5 Å². The Hall–Kier alpha value is -1.55. The Bertz CT molecular complexity index is 420. The molecule has 0 heterocycles. The molecule has 0 aliphatic heterocycles. The average Bonchev–Trinajstić information content (AvgIpc) is 2.24. The van der Waals surface area contributed by atoms with Crippen molar-refractivity contribution < 1.29 is 23.2 Å². The fraction of sp³-hybridized carbons (Fsp3) is 0.778. The van der Waals surface area contributed by atoms with E-state index >= 15 is 0 Å². The Labute approximate surface area is 112 Å². The van der Waals surface area contributed by atoms with E-state index in [1.807, 2.05) is 0 Å². The quantitative estimate of drug-likeness (QED) is 0.223. The van der Waals surface area contributed by atoms with Gasteiger partial charge in [-0.05, 0) is 20.3 Å². The highest BCUT2D eigenvalue weighted by molar-refractivity contribution is 7.88. The average molecular weight is 296 g/mol. The number of hydrogen-bond acceptors (Lipinski definition) is 6. The van der Waals surface area contributed by atoms with Crippen LogP contribution in [0.25, 0.3) is 0 Å². The molecule has 0 aromatic heterocycles. The van der Waals surface area contributed by atoms with Crippen molar-refractivity contribution in [2.75, 3.05) is 0 Å². The minimum absolute atomic E-state index is 0.288. The number of amides is 1. The molecular weight excluding hydrogens is 276 g/mol. The summed E-state index contributed by atoms with van der Waals surface area (Å²) in [6.07, 6.45) is -0.640. The SMILES string of the molecule is CCCC(NS(=O)(=O)NC(=O)OC(C)C)C(N)=NO. The second kappa shape index (κ2) is 7.79. The van der Waals surface area contributed by atoms with E-state index in [0.29, 0.717) is 12.8 Å². The maximum Gasteiger partial charge on any atom is 0.422 e. The second-order valence-corrected chi connectivity index (χ2v) is 5.49. The van der Waals surface area contributed by atoms with Crippen molar-refractivity contribution in [3.05, 3.63) is 0 Å². The van der Waals surface area contributed by atoms with Crippen LogP contribution in [0, 0.1) is 0 Å². The van der Waals surface area contributed by atoms with Gasteiger partial charge in [0.2, 0.25) is 0 Å². The summed E-state index contributed by atoms with van der Waals surface area (Å²) >= 11 is 0. The third-order valence-electron chi connectivity index (χ3n) is 1.91. The zero-order chi connectivity index (χ0) is 15.1. The number of carbonyl (C=O) groups excluding carboxylic acids is 1. The van der Waals surface area contributed by atoms with Crippen molar-refractivity contribution in [2.24, 2.45) is 10.9 Å². The first-order valence-corrected chi connectivity index (χ1v) is 7.18. The van der Waals surface area contributed by atoms with Gasteiger partial charge in [-0.25, -0.2) is 9.52 Å². The van der Waals surface area contributed by atoms with Gasteiger partial charge < -0.3 is 15.7 Å². The van der Waals surface area contributed by atoms with E-state index in [1.165, 1.54) is 0 Å². The van der Waals surface area contributed by atoms with Crippen LogP contribution in [0.2, 0.25) is 0 Å². The predicted octanol–water partition coefficient (Wildman–Crippen LogP) is -0.129. The van der Waals surface area contributed by atoms with Gasteiger partial charge in [0.1, 0.15) is 0 Å². The van der Waals surface area contributed by atoms with Crippen LogP contribution < -0.4 is 15.2 Å². The van der Waals surface area contributed by atoms with Crippen molar-refractivity contribution in [1.29, 1.82) is 0 Å².